The van der Waals surface area contributed by atoms with Crippen LogP contribution in [0.5, 0.6) is 0 Å². The van der Waals surface area contributed by atoms with Gasteiger partial charge in [-0.05, 0) is 0 Å². The summed E-state index contributed by atoms with van der Waals surface area (Å²) in [6, 6.07) is 0. The number of ether oxygens (including phenoxy) is 6. The van der Waals surface area contributed by atoms with Crippen molar-refractivity contribution in [1.82, 2.24) is 5.32 Å². The third kappa shape index (κ3) is 20.8. The average Bonchev–Trinajstić information content (AvgIpc) is 2.60. The summed E-state index contributed by atoms with van der Waals surface area (Å²) < 4.78 is 31.6. The fourth-order valence-electron chi connectivity index (χ4n) is 1.42. The topological polar surface area (TPSA) is 84.5 Å². The van der Waals surface area contributed by atoms with Crippen molar-refractivity contribution < 1.29 is 33.2 Å². The summed E-state index contributed by atoms with van der Waals surface area (Å²) in [6.07, 6.45) is 5.68. The lowest BCUT2D eigenvalue weighted by Crippen LogP contribution is -2.19. The number of nitrogens with one attached hydrogen (secondary N) is 1. The maximum absolute atomic E-state index is 9.97. The van der Waals surface area contributed by atoms with Gasteiger partial charge in [0.25, 0.3) is 0 Å². The van der Waals surface area contributed by atoms with Crippen molar-refractivity contribution in [3.63, 3.8) is 0 Å². The Morgan fingerprint density at radius 1 is 0.667 bits per heavy atom. The van der Waals surface area contributed by atoms with Crippen LogP contribution in [-0.4, -0.2) is 92.2 Å². The first kappa shape index (κ1) is 22.8. The van der Waals surface area contributed by atoms with Gasteiger partial charge in [-0.25, -0.2) is 0 Å². The van der Waals surface area contributed by atoms with Crippen LogP contribution in [0, 0.1) is 12.3 Å². The third-order valence-electron chi connectivity index (χ3n) is 2.52. The van der Waals surface area contributed by atoms with Crippen LogP contribution in [0.3, 0.4) is 0 Å². The zero-order chi connectivity index (χ0) is 17.6. The molecular formula is C16H29NO7. The van der Waals surface area contributed by atoms with Crippen LogP contribution < -0.4 is 5.32 Å². The number of hydrogen-bond acceptors (Lipinski definition) is 7. The molecule has 24 heavy (non-hydrogen) atoms. The van der Waals surface area contributed by atoms with Gasteiger partial charge in [0.05, 0.1) is 72.7 Å². The highest BCUT2D eigenvalue weighted by Gasteiger charge is 1.93. The van der Waals surface area contributed by atoms with Crippen LogP contribution in [0.4, 0.5) is 0 Å². The fraction of sp³-hybridized carbons (Fsp3) is 0.812. The van der Waals surface area contributed by atoms with Crippen LogP contribution >= 0.6 is 0 Å². The van der Waals surface area contributed by atoms with Crippen molar-refractivity contribution >= 4 is 6.41 Å². The molecule has 0 bridgehead atoms. The smallest absolute Gasteiger partial charge is 0.207 e. The SMILES string of the molecule is C#CCOCCOCCOCCOCCOCCOCCNC=O. The molecule has 1 N–H and O–H groups in total. The van der Waals surface area contributed by atoms with Crippen molar-refractivity contribution in [2.75, 3.05) is 85.8 Å². The molecule has 0 aromatic carbocycles. The van der Waals surface area contributed by atoms with Crippen molar-refractivity contribution in [1.29, 1.82) is 0 Å². The van der Waals surface area contributed by atoms with E-state index in [1.165, 1.54) is 0 Å². The monoisotopic (exact) mass is 347 g/mol. The standard InChI is InChI=1S/C16H29NO7/c1-2-4-19-6-8-21-10-12-23-14-15-24-13-11-22-9-7-20-5-3-17-16-18/h1,16H,3-15H2,(H,17,18). The average molecular weight is 347 g/mol. The van der Waals surface area contributed by atoms with E-state index in [0.717, 1.165) is 0 Å². The van der Waals surface area contributed by atoms with Gasteiger partial charge >= 0.3 is 0 Å². The van der Waals surface area contributed by atoms with E-state index >= 15 is 0 Å². The largest absolute Gasteiger partial charge is 0.377 e. The van der Waals surface area contributed by atoms with Crippen LogP contribution in [0.25, 0.3) is 0 Å². The first-order valence-electron chi connectivity index (χ1n) is 7.98. The van der Waals surface area contributed by atoms with Gasteiger partial charge in [0, 0.05) is 6.54 Å². The summed E-state index contributed by atoms with van der Waals surface area (Å²) in [5, 5.41) is 2.51. The lowest BCUT2D eigenvalue weighted by atomic mass is 10.6. The van der Waals surface area contributed by atoms with E-state index in [1.807, 2.05) is 0 Å². The summed E-state index contributed by atoms with van der Waals surface area (Å²) in [5.41, 5.74) is 0. The van der Waals surface area contributed by atoms with Gasteiger partial charge < -0.3 is 33.7 Å². The van der Waals surface area contributed by atoms with Crippen molar-refractivity contribution in [3.8, 4) is 12.3 Å². The predicted molar refractivity (Wildman–Crippen MR) is 87.8 cm³/mol. The molecule has 0 unspecified atom stereocenters. The summed E-state index contributed by atoms with van der Waals surface area (Å²) in [7, 11) is 0. The van der Waals surface area contributed by atoms with E-state index in [1.54, 1.807) is 0 Å². The van der Waals surface area contributed by atoms with Gasteiger partial charge in [0.2, 0.25) is 6.41 Å². The molecule has 140 valence electrons. The minimum atomic E-state index is 0.312. The summed E-state index contributed by atoms with van der Waals surface area (Å²) >= 11 is 0. The highest BCUT2D eigenvalue weighted by atomic mass is 16.6. The molecule has 0 heterocycles. The maximum Gasteiger partial charge on any atom is 0.207 e. The first-order valence-corrected chi connectivity index (χ1v) is 7.98. The molecular weight excluding hydrogens is 318 g/mol. The first-order chi connectivity index (χ1) is 11.9. The van der Waals surface area contributed by atoms with E-state index in [-0.39, 0.29) is 0 Å². The quantitative estimate of drug-likeness (QED) is 0.180. The molecule has 0 spiro atoms. The minimum absolute atomic E-state index is 0.312. The maximum atomic E-state index is 9.97. The predicted octanol–water partition coefficient (Wildman–Crippen LogP) is -0.535. The molecule has 0 saturated heterocycles. The van der Waals surface area contributed by atoms with Gasteiger partial charge in [-0.15, -0.1) is 6.42 Å². The zero-order valence-corrected chi connectivity index (χ0v) is 14.2. The molecule has 8 nitrogen and oxygen atoms in total. The minimum Gasteiger partial charge on any atom is -0.377 e. The van der Waals surface area contributed by atoms with Crippen LogP contribution in [0.1, 0.15) is 0 Å². The molecule has 0 radical (unpaired) electrons. The highest BCUT2D eigenvalue weighted by molar-refractivity contribution is 5.45. The van der Waals surface area contributed by atoms with Gasteiger partial charge in [-0.2, -0.15) is 0 Å². The van der Waals surface area contributed by atoms with Gasteiger partial charge in [-0.3, -0.25) is 4.79 Å². The molecule has 0 aliphatic rings. The Hall–Kier alpha value is -1.21. The zero-order valence-electron chi connectivity index (χ0n) is 14.2. The Morgan fingerprint density at radius 3 is 1.42 bits per heavy atom. The molecule has 0 atom stereocenters. The van der Waals surface area contributed by atoms with Gasteiger partial charge in [0.1, 0.15) is 6.61 Å². The summed E-state index contributed by atoms with van der Waals surface area (Å²) in [6.45, 7) is 6.41. The van der Waals surface area contributed by atoms with E-state index < -0.39 is 0 Å². The molecule has 0 saturated carbocycles. The normalized spacial score (nSPS) is 10.5. The van der Waals surface area contributed by atoms with E-state index in [9.17, 15) is 4.79 Å². The number of amides is 1. The highest BCUT2D eigenvalue weighted by Crippen LogP contribution is 1.84. The molecule has 8 heteroatoms. The molecule has 0 aliphatic heterocycles. The molecule has 0 aromatic rings. The Morgan fingerprint density at radius 2 is 1.04 bits per heavy atom. The Kier molecular flexibility index (Phi) is 20.7. The Labute approximate surface area is 144 Å². The second kappa shape index (κ2) is 21.8. The molecule has 0 aromatic heterocycles. The van der Waals surface area contributed by atoms with Crippen molar-refractivity contribution in [2.45, 2.75) is 0 Å². The second-order valence-corrected chi connectivity index (χ2v) is 4.39. The Bertz CT molecular complexity index is 297. The van der Waals surface area contributed by atoms with Crippen LogP contribution in [-0.2, 0) is 33.2 Å². The van der Waals surface area contributed by atoms with E-state index in [0.29, 0.717) is 92.2 Å². The fourth-order valence-corrected chi connectivity index (χ4v) is 1.42. The van der Waals surface area contributed by atoms with E-state index in [4.69, 9.17) is 34.8 Å². The summed E-state index contributed by atoms with van der Waals surface area (Å²) in [5.74, 6) is 2.38. The molecule has 0 aliphatic carbocycles. The van der Waals surface area contributed by atoms with Crippen LogP contribution in [0.2, 0.25) is 0 Å². The molecule has 0 fully saturated rings. The van der Waals surface area contributed by atoms with Crippen LogP contribution in [0.15, 0.2) is 0 Å². The number of carbonyl (C=O) groups is 1. The second-order valence-electron chi connectivity index (χ2n) is 4.39. The molecule has 1 amide bonds. The molecule has 0 rings (SSSR count). The van der Waals surface area contributed by atoms with Crippen molar-refractivity contribution in [2.24, 2.45) is 0 Å². The van der Waals surface area contributed by atoms with E-state index in [2.05, 4.69) is 11.2 Å². The van der Waals surface area contributed by atoms with Crippen molar-refractivity contribution in [3.05, 3.63) is 0 Å². The summed E-state index contributed by atoms with van der Waals surface area (Å²) in [4.78, 5) is 9.97. The number of terminal acetylenes is 1. The number of rotatable bonds is 20. The number of hydrogen-bond donors (Lipinski definition) is 1. The lowest BCUT2D eigenvalue weighted by Gasteiger charge is -2.08. The van der Waals surface area contributed by atoms with Gasteiger partial charge in [0.15, 0.2) is 0 Å². The third-order valence-corrected chi connectivity index (χ3v) is 2.52. The number of carbonyl (C=O) groups excluding carboxylic acids is 1. The lowest BCUT2D eigenvalue weighted by molar-refractivity contribution is -0.109. The van der Waals surface area contributed by atoms with Gasteiger partial charge in [-0.1, -0.05) is 5.92 Å². The Balaban J connectivity index is 2.95.